The molecule has 0 aromatic carbocycles. The Hall–Kier alpha value is -2.44. The smallest absolute Gasteiger partial charge is 0.272 e. The van der Waals surface area contributed by atoms with E-state index in [1.165, 1.54) is 0 Å². The lowest BCUT2D eigenvalue weighted by atomic mass is 10.1. The molecule has 1 saturated heterocycles. The Kier molecular flexibility index (Phi) is 5.31. The maximum atomic E-state index is 13.0. The monoisotopic (exact) mass is 342 g/mol. The Morgan fingerprint density at radius 1 is 1.20 bits per heavy atom. The molecule has 0 saturated carbocycles. The van der Waals surface area contributed by atoms with Crippen molar-refractivity contribution in [3.63, 3.8) is 0 Å². The Morgan fingerprint density at radius 2 is 2.04 bits per heavy atom. The number of carbonyl (C=O) groups excluding carboxylic acids is 1. The van der Waals surface area contributed by atoms with Gasteiger partial charge in [0.25, 0.3) is 5.91 Å². The zero-order chi connectivity index (χ0) is 17.8. The Labute approximate surface area is 148 Å². The predicted octanol–water partition coefficient (Wildman–Crippen LogP) is 2.17. The third kappa shape index (κ3) is 3.81. The van der Waals surface area contributed by atoms with Crippen LogP contribution in [0.1, 0.15) is 49.3 Å². The number of hydrogen-bond donors (Lipinski definition) is 0. The van der Waals surface area contributed by atoms with Crippen LogP contribution in [0.5, 0.6) is 0 Å². The van der Waals surface area contributed by atoms with E-state index in [1.807, 2.05) is 22.6 Å². The molecular formula is C18H26N6O. The van der Waals surface area contributed by atoms with Crippen molar-refractivity contribution in [1.29, 1.82) is 0 Å². The van der Waals surface area contributed by atoms with Gasteiger partial charge in [-0.25, -0.2) is 4.98 Å². The highest BCUT2D eigenvalue weighted by atomic mass is 16.2. The molecule has 7 nitrogen and oxygen atoms in total. The molecular weight excluding hydrogens is 316 g/mol. The Balaban J connectivity index is 1.73. The normalized spacial score (nSPS) is 15.5. The molecule has 0 radical (unpaired) electrons. The number of carbonyl (C=O) groups is 1. The van der Waals surface area contributed by atoms with E-state index in [1.54, 1.807) is 18.6 Å². The SMILES string of the molecule is CCn1nc(C(C)C)cc1C(=O)N1CCCN(c2cnccn2)CC1. The fourth-order valence-electron chi connectivity index (χ4n) is 3.10. The van der Waals surface area contributed by atoms with Gasteiger partial charge in [0.2, 0.25) is 0 Å². The molecule has 0 unspecified atom stereocenters. The molecule has 1 aliphatic heterocycles. The summed E-state index contributed by atoms with van der Waals surface area (Å²) in [6, 6.07) is 1.95. The molecule has 2 aromatic heterocycles. The van der Waals surface area contributed by atoms with Crippen LogP contribution in [0.2, 0.25) is 0 Å². The van der Waals surface area contributed by atoms with Crippen LogP contribution in [0, 0.1) is 0 Å². The minimum atomic E-state index is 0.0715. The highest BCUT2D eigenvalue weighted by molar-refractivity contribution is 5.92. The van der Waals surface area contributed by atoms with Crippen molar-refractivity contribution in [2.45, 2.75) is 39.7 Å². The molecule has 3 rings (SSSR count). The average molecular weight is 342 g/mol. The highest BCUT2D eigenvalue weighted by Gasteiger charge is 2.24. The summed E-state index contributed by atoms with van der Waals surface area (Å²) in [7, 11) is 0. The first-order chi connectivity index (χ1) is 12.1. The van der Waals surface area contributed by atoms with E-state index in [0.717, 1.165) is 37.6 Å². The second-order valence-corrected chi connectivity index (χ2v) is 6.62. The highest BCUT2D eigenvalue weighted by Crippen LogP contribution is 2.18. The number of nitrogens with zero attached hydrogens (tertiary/aromatic N) is 6. The quantitative estimate of drug-likeness (QED) is 0.852. The van der Waals surface area contributed by atoms with Crippen molar-refractivity contribution in [2.75, 3.05) is 31.1 Å². The van der Waals surface area contributed by atoms with E-state index in [-0.39, 0.29) is 5.91 Å². The molecule has 3 heterocycles. The molecule has 134 valence electrons. The van der Waals surface area contributed by atoms with Crippen LogP contribution in [-0.4, -0.2) is 56.7 Å². The summed E-state index contributed by atoms with van der Waals surface area (Å²) in [4.78, 5) is 25.7. The van der Waals surface area contributed by atoms with Gasteiger partial charge in [0.15, 0.2) is 0 Å². The first-order valence-corrected chi connectivity index (χ1v) is 8.98. The first kappa shape index (κ1) is 17.4. The maximum absolute atomic E-state index is 13.0. The number of amides is 1. The Bertz CT molecular complexity index is 712. The van der Waals surface area contributed by atoms with Crippen molar-refractivity contribution in [3.05, 3.63) is 36.0 Å². The van der Waals surface area contributed by atoms with Gasteiger partial charge in [-0.15, -0.1) is 0 Å². The van der Waals surface area contributed by atoms with E-state index in [4.69, 9.17) is 0 Å². The van der Waals surface area contributed by atoms with Crippen LogP contribution in [0.3, 0.4) is 0 Å². The molecule has 1 fully saturated rings. The van der Waals surface area contributed by atoms with Crippen LogP contribution in [-0.2, 0) is 6.54 Å². The van der Waals surface area contributed by atoms with Gasteiger partial charge < -0.3 is 9.80 Å². The van der Waals surface area contributed by atoms with Crippen molar-refractivity contribution in [1.82, 2.24) is 24.6 Å². The van der Waals surface area contributed by atoms with Gasteiger partial charge in [-0.3, -0.25) is 14.5 Å². The standard InChI is InChI=1S/C18H26N6O/c1-4-24-16(12-15(21-24)14(2)3)18(25)23-9-5-8-22(10-11-23)17-13-19-6-7-20-17/h6-7,12-14H,4-5,8-11H2,1-3H3. The van der Waals surface area contributed by atoms with Crippen LogP contribution in [0.15, 0.2) is 24.7 Å². The zero-order valence-electron chi connectivity index (χ0n) is 15.2. The first-order valence-electron chi connectivity index (χ1n) is 8.98. The summed E-state index contributed by atoms with van der Waals surface area (Å²) < 4.78 is 1.82. The van der Waals surface area contributed by atoms with Crippen LogP contribution < -0.4 is 4.90 Å². The van der Waals surface area contributed by atoms with Gasteiger partial charge in [0.1, 0.15) is 11.5 Å². The molecule has 25 heavy (non-hydrogen) atoms. The largest absolute Gasteiger partial charge is 0.354 e. The van der Waals surface area contributed by atoms with Crippen molar-refractivity contribution in [2.24, 2.45) is 0 Å². The summed E-state index contributed by atoms with van der Waals surface area (Å²) in [5, 5.41) is 4.57. The molecule has 0 bridgehead atoms. The predicted molar refractivity (Wildman–Crippen MR) is 96.8 cm³/mol. The average Bonchev–Trinajstić information content (AvgIpc) is 2.92. The van der Waals surface area contributed by atoms with E-state index >= 15 is 0 Å². The van der Waals surface area contributed by atoms with Crippen LogP contribution in [0.4, 0.5) is 5.82 Å². The lowest BCUT2D eigenvalue weighted by Gasteiger charge is -2.22. The lowest BCUT2D eigenvalue weighted by Crippen LogP contribution is -2.36. The number of aromatic nitrogens is 4. The second-order valence-electron chi connectivity index (χ2n) is 6.62. The second kappa shape index (κ2) is 7.63. The Morgan fingerprint density at radius 3 is 2.72 bits per heavy atom. The third-order valence-electron chi connectivity index (χ3n) is 4.57. The minimum Gasteiger partial charge on any atom is -0.354 e. The number of anilines is 1. The van der Waals surface area contributed by atoms with E-state index in [9.17, 15) is 4.79 Å². The third-order valence-corrected chi connectivity index (χ3v) is 4.57. The summed E-state index contributed by atoms with van der Waals surface area (Å²) in [6.07, 6.45) is 6.07. The molecule has 7 heteroatoms. The summed E-state index contributed by atoms with van der Waals surface area (Å²) in [5.74, 6) is 1.26. The molecule has 0 aliphatic carbocycles. The van der Waals surface area contributed by atoms with Gasteiger partial charge >= 0.3 is 0 Å². The fraction of sp³-hybridized carbons (Fsp3) is 0.556. The molecule has 1 amide bonds. The van der Waals surface area contributed by atoms with Crippen LogP contribution in [0.25, 0.3) is 0 Å². The van der Waals surface area contributed by atoms with Crippen LogP contribution >= 0.6 is 0 Å². The summed E-state index contributed by atoms with van der Waals surface area (Å²) >= 11 is 0. The molecule has 1 aliphatic rings. The molecule has 2 aromatic rings. The van der Waals surface area contributed by atoms with Gasteiger partial charge in [0.05, 0.1) is 11.9 Å². The van der Waals surface area contributed by atoms with E-state index < -0.39 is 0 Å². The van der Waals surface area contributed by atoms with Crippen molar-refractivity contribution >= 4 is 11.7 Å². The van der Waals surface area contributed by atoms with Gasteiger partial charge in [-0.2, -0.15) is 5.10 Å². The minimum absolute atomic E-state index is 0.0715. The van der Waals surface area contributed by atoms with Gasteiger partial charge in [0, 0.05) is 45.1 Å². The maximum Gasteiger partial charge on any atom is 0.272 e. The van der Waals surface area contributed by atoms with E-state index in [0.29, 0.717) is 24.7 Å². The summed E-state index contributed by atoms with van der Waals surface area (Å²) in [5.41, 5.74) is 1.67. The van der Waals surface area contributed by atoms with Gasteiger partial charge in [-0.1, -0.05) is 13.8 Å². The van der Waals surface area contributed by atoms with Crippen molar-refractivity contribution < 1.29 is 4.79 Å². The lowest BCUT2D eigenvalue weighted by molar-refractivity contribution is 0.0754. The number of aryl methyl sites for hydroxylation is 1. The fourth-order valence-corrected chi connectivity index (χ4v) is 3.10. The van der Waals surface area contributed by atoms with E-state index in [2.05, 4.69) is 33.8 Å². The topological polar surface area (TPSA) is 67.2 Å². The number of hydrogen-bond acceptors (Lipinski definition) is 5. The zero-order valence-corrected chi connectivity index (χ0v) is 15.2. The molecule has 0 atom stereocenters. The van der Waals surface area contributed by atoms with Crippen molar-refractivity contribution in [3.8, 4) is 0 Å². The number of rotatable bonds is 4. The van der Waals surface area contributed by atoms with Gasteiger partial charge in [-0.05, 0) is 25.3 Å². The molecule has 0 N–H and O–H groups in total. The summed E-state index contributed by atoms with van der Waals surface area (Å²) in [6.45, 7) is 10.00. The molecule has 0 spiro atoms.